The van der Waals surface area contributed by atoms with Gasteiger partial charge in [0, 0.05) is 14.2 Å². The highest BCUT2D eigenvalue weighted by Crippen LogP contribution is 2.17. The third-order valence-corrected chi connectivity index (χ3v) is 1.43. The quantitative estimate of drug-likeness (QED) is 0.365. The molecule has 0 heterocycles. The second-order valence-corrected chi connectivity index (χ2v) is 3.37. The van der Waals surface area contributed by atoms with Gasteiger partial charge in [0.15, 0.2) is 11.6 Å². The predicted molar refractivity (Wildman–Crippen MR) is 44.3 cm³/mol. The Kier molecular flexibility index (Phi) is 4.13. The van der Waals surface area contributed by atoms with Gasteiger partial charge in [0.05, 0.1) is 0 Å². The van der Waals surface area contributed by atoms with E-state index in [1.807, 2.05) is 0 Å². The summed E-state index contributed by atoms with van der Waals surface area (Å²) in [5, 5.41) is 0. The first-order chi connectivity index (χ1) is 5.33. The minimum absolute atomic E-state index is 0.754. The van der Waals surface area contributed by atoms with Crippen LogP contribution in [0.2, 0.25) is 0 Å². The van der Waals surface area contributed by atoms with Crippen LogP contribution in [0.1, 0.15) is 27.7 Å². The summed E-state index contributed by atoms with van der Waals surface area (Å²) in [5.41, 5.74) is 0. The summed E-state index contributed by atoms with van der Waals surface area (Å²) in [5.74, 6) is -1.51. The second kappa shape index (κ2) is 4.18. The normalized spacial score (nSPS) is 13.5. The third kappa shape index (κ3) is 4.66. The van der Waals surface area contributed by atoms with Crippen LogP contribution in [0.3, 0.4) is 0 Å². The van der Waals surface area contributed by atoms with Crippen LogP contribution in [0, 0.1) is 0 Å². The lowest BCUT2D eigenvalue weighted by Gasteiger charge is -2.28. The van der Waals surface area contributed by atoms with Crippen molar-refractivity contribution in [3.63, 3.8) is 0 Å². The minimum Gasteiger partial charge on any atom is -0.351 e. The molecule has 4 nitrogen and oxygen atoms in total. The number of methoxy groups -OCH3 is 2. The number of rotatable bonds is 5. The fraction of sp³-hybridized carbons (Fsp3) is 1.00. The molecule has 0 spiro atoms. The largest absolute Gasteiger partial charge is 0.351 e. The summed E-state index contributed by atoms with van der Waals surface area (Å²) in [4.78, 5) is 9.97. The summed E-state index contributed by atoms with van der Waals surface area (Å²) in [6.07, 6.45) is 0. The number of hydrogen-bond donors (Lipinski definition) is 0. The minimum atomic E-state index is -0.754. The summed E-state index contributed by atoms with van der Waals surface area (Å²) >= 11 is 0. The maximum atomic E-state index is 4.99. The molecule has 4 heteroatoms. The average Bonchev–Trinajstić information content (AvgIpc) is 2.02. The van der Waals surface area contributed by atoms with Crippen molar-refractivity contribution < 1.29 is 19.2 Å². The van der Waals surface area contributed by atoms with E-state index in [2.05, 4.69) is 0 Å². The summed E-state index contributed by atoms with van der Waals surface area (Å²) < 4.78 is 9.95. The van der Waals surface area contributed by atoms with Crippen LogP contribution in [0.15, 0.2) is 0 Å². The van der Waals surface area contributed by atoms with E-state index < -0.39 is 11.6 Å². The van der Waals surface area contributed by atoms with Crippen molar-refractivity contribution in [2.45, 2.75) is 39.3 Å². The van der Waals surface area contributed by atoms with Crippen molar-refractivity contribution in [2.75, 3.05) is 14.2 Å². The maximum Gasteiger partial charge on any atom is 0.195 e. The highest BCUT2D eigenvalue weighted by Gasteiger charge is 2.25. The first-order valence-electron chi connectivity index (χ1n) is 3.80. The van der Waals surface area contributed by atoms with E-state index >= 15 is 0 Å². The smallest absolute Gasteiger partial charge is 0.195 e. The molecule has 12 heavy (non-hydrogen) atoms. The maximum absolute atomic E-state index is 4.99. The van der Waals surface area contributed by atoms with Crippen molar-refractivity contribution in [3.8, 4) is 0 Å². The van der Waals surface area contributed by atoms with E-state index in [1.165, 1.54) is 0 Å². The highest BCUT2D eigenvalue weighted by atomic mass is 17.3. The van der Waals surface area contributed by atoms with Crippen LogP contribution in [-0.2, 0) is 19.2 Å². The van der Waals surface area contributed by atoms with Crippen LogP contribution >= 0.6 is 0 Å². The Labute approximate surface area is 73.7 Å². The van der Waals surface area contributed by atoms with Gasteiger partial charge in [0.2, 0.25) is 0 Å². The Morgan fingerprint density at radius 2 is 0.917 bits per heavy atom. The molecule has 0 bridgehead atoms. The molecule has 0 amide bonds. The van der Waals surface area contributed by atoms with Crippen LogP contribution < -0.4 is 0 Å². The second-order valence-electron chi connectivity index (χ2n) is 3.37. The topological polar surface area (TPSA) is 36.9 Å². The Morgan fingerprint density at radius 1 is 0.667 bits per heavy atom. The van der Waals surface area contributed by atoms with Gasteiger partial charge in [0.25, 0.3) is 0 Å². The van der Waals surface area contributed by atoms with E-state index in [0.29, 0.717) is 0 Å². The molecule has 0 aromatic heterocycles. The number of ether oxygens (including phenoxy) is 2. The zero-order valence-electron chi connectivity index (χ0n) is 8.63. The van der Waals surface area contributed by atoms with Gasteiger partial charge in [-0.25, -0.2) is 0 Å². The molecule has 0 aliphatic carbocycles. The molecule has 0 N–H and O–H groups in total. The van der Waals surface area contributed by atoms with Gasteiger partial charge >= 0.3 is 0 Å². The third-order valence-electron chi connectivity index (χ3n) is 1.43. The molecule has 0 radical (unpaired) electrons. The van der Waals surface area contributed by atoms with Gasteiger partial charge in [-0.05, 0) is 27.7 Å². The van der Waals surface area contributed by atoms with E-state index in [0.717, 1.165) is 0 Å². The van der Waals surface area contributed by atoms with Crippen molar-refractivity contribution in [3.05, 3.63) is 0 Å². The summed E-state index contributed by atoms with van der Waals surface area (Å²) in [6.45, 7) is 7.00. The zero-order valence-corrected chi connectivity index (χ0v) is 8.63. The van der Waals surface area contributed by atoms with Crippen molar-refractivity contribution >= 4 is 0 Å². The molecular weight excluding hydrogens is 160 g/mol. The molecule has 74 valence electrons. The van der Waals surface area contributed by atoms with Gasteiger partial charge in [-0.2, -0.15) is 9.78 Å². The highest BCUT2D eigenvalue weighted by molar-refractivity contribution is 4.51. The van der Waals surface area contributed by atoms with Gasteiger partial charge in [-0.15, -0.1) is 0 Å². The van der Waals surface area contributed by atoms with E-state index in [1.54, 1.807) is 41.9 Å². The Balaban J connectivity index is 3.82. The van der Waals surface area contributed by atoms with E-state index in [9.17, 15) is 0 Å². The lowest BCUT2D eigenvalue weighted by atomic mass is 10.4. The predicted octanol–water partition coefficient (Wildman–Crippen LogP) is 1.70. The van der Waals surface area contributed by atoms with Crippen LogP contribution in [0.4, 0.5) is 0 Å². The SMILES string of the molecule is COC(C)(C)OOC(C)(C)OC. The van der Waals surface area contributed by atoms with Crippen molar-refractivity contribution in [1.82, 2.24) is 0 Å². The van der Waals surface area contributed by atoms with Gasteiger partial charge in [-0.1, -0.05) is 0 Å². The Hall–Kier alpha value is -0.160. The molecule has 0 saturated carbocycles. The molecule has 0 saturated heterocycles. The van der Waals surface area contributed by atoms with E-state index in [-0.39, 0.29) is 0 Å². The lowest BCUT2D eigenvalue weighted by Crippen LogP contribution is -2.34. The molecule has 0 atom stereocenters. The molecule has 0 rings (SSSR count). The lowest BCUT2D eigenvalue weighted by molar-refractivity contribution is -0.484. The zero-order chi connectivity index (χ0) is 9.83. The fourth-order valence-electron chi connectivity index (χ4n) is 0.269. The monoisotopic (exact) mass is 178 g/mol. The molecule has 0 aromatic carbocycles. The van der Waals surface area contributed by atoms with Gasteiger partial charge < -0.3 is 9.47 Å². The fourth-order valence-corrected chi connectivity index (χ4v) is 0.269. The molecule has 0 unspecified atom stereocenters. The number of hydrogen-bond acceptors (Lipinski definition) is 4. The van der Waals surface area contributed by atoms with Crippen molar-refractivity contribution in [1.29, 1.82) is 0 Å². The van der Waals surface area contributed by atoms with Crippen LogP contribution in [0.5, 0.6) is 0 Å². The van der Waals surface area contributed by atoms with Crippen molar-refractivity contribution in [2.24, 2.45) is 0 Å². The van der Waals surface area contributed by atoms with E-state index in [4.69, 9.17) is 19.2 Å². The Morgan fingerprint density at radius 3 is 1.08 bits per heavy atom. The molecular formula is C8H18O4. The van der Waals surface area contributed by atoms with Gasteiger partial charge in [0.1, 0.15) is 0 Å². The summed E-state index contributed by atoms with van der Waals surface area (Å²) in [7, 11) is 3.09. The van der Waals surface area contributed by atoms with Gasteiger partial charge in [-0.3, -0.25) is 0 Å². The van der Waals surface area contributed by atoms with Crippen LogP contribution in [-0.4, -0.2) is 25.8 Å². The van der Waals surface area contributed by atoms with Crippen LogP contribution in [0.25, 0.3) is 0 Å². The standard InChI is InChI=1S/C8H18O4/c1-7(2,9-5)11-12-8(3,4)10-6/h1-6H3. The summed E-state index contributed by atoms with van der Waals surface area (Å²) in [6, 6.07) is 0. The molecule has 0 fully saturated rings. The molecule has 0 aliphatic heterocycles. The molecule has 0 aliphatic rings. The Bertz CT molecular complexity index is 115. The first-order valence-corrected chi connectivity index (χ1v) is 3.80. The first kappa shape index (κ1) is 11.8. The average molecular weight is 178 g/mol. The molecule has 0 aromatic rings.